The molecule has 1 saturated heterocycles. The number of benzene rings is 1. The van der Waals surface area contributed by atoms with E-state index in [4.69, 9.17) is 21.1 Å². The van der Waals surface area contributed by atoms with Crippen LogP contribution in [0.2, 0.25) is 5.02 Å². The summed E-state index contributed by atoms with van der Waals surface area (Å²) in [6, 6.07) is 9.61. The monoisotopic (exact) mass is 471 g/mol. The molecule has 3 aromatic rings. The van der Waals surface area contributed by atoms with Gasteiger partial charge in [0, 0.05) is 44.3 Å². The maximum Gasteiger partial charge on any atom is 0.231 e. The zero-order chi connectivity index (χ0) is 21.9. The van der Waals surface area contributed by atoms with Crippen molar-refractivity contribution in [3.63, 3.8) is 0 Å². The van der Waals surface area contributed by atoms with E-state index in [0.717, 1.165) is 36.8 Å². The number of pyridine rings is 1. The fourth-order valence-corrected chi connectivity index (χ4v) is 4.55. The molecule has 2 aliphatic rings. The number of carbonyl (C=O) groups excluding carboxylic acids is 1. The molecule has 10 heteroatoms. The average molecular weight is 472 g/mol. The molecule has 1 amide bonds. The summed E-state index contributed by atoms with van der Waals surface area (Å²) in [6.45, 7) is 4.23. The van der Waals surface area contributed by atoms with Crippen molar-refractivity contribution < 1.29 is 14.3 Å². The number of aromatic nitrogens is 2. The summed E-state index contributed by atoms with van der Waals surface area (Å²) in [4.78, 5) is 25.8. The summed E-state index contributed by atoms with van der Waals surface area (Å²) in [5.41, 5.74) is 1.95. The molecule has 1 N–H and O–H groups in total. The number of anilines is 2. The van der Waals surface area contributed by atoms with Crippen molar-refractivity contribution in [1.82, 2.24) is 19.8 Å². The van der Waals surface area contributed by atoms with Crippen LogP contribution in [0.5, 0.6) is 11.5 Å². The number of hydrogen-bond donors (Lipinski definition) is 1. The number of amides is 1. The van der Waals surface area contributed by atoms with Crippen molar-refractivity contribution in [2.45, 2.75) is 13.0 Å². The summed E-state index contributed by atoms with van der Waals surface area (Å²) in [6.07, 6.45) is 1.88. The second kappa shape index (κ2) is 9.32. The molecular formula is C22H22ClN5O3S. The molecule has 2 aliphatic heterocycles. The first-order valence-electron chi connectivity index (χ1n) is 10.3. The van der Waals surface area contributed by atoms with Crippen LogP contribution in [0.4, 0.5) is 10.9 Å². The normalized spacial score (nSPS) is 15.7. The standard InChI is InChI=1S/C22H22ClN5O3S/c23-16-2-4-20(24-11-16)26-22-25-17(13-32-22)10-21(29)28-7-5-27(6-8-28)12-15-1-3-18-19(9-15)31-14-30-18/h1-4,9,11,13H,5-8,10,12,14H2,(H,24,25,26). The number of nitrogens with zero attached hydrogens (tertiary/aromatic N) is 4. The van der Waals surface area contributed by atoms with Gasteiger partial charge in [0.1, 0.15) is 5.82 Å². The van der Waals surface area contributed by atoms with E-state index in [1.54, 1.807) is 18.3 Å². The Morgan fingerprint density at radius 2 is 1.97 bits per heavy atom. The topological polar surface area (TPSA) is 79.8 Å². The minimum absolute atomic E-state index is 0.106. The van der Waals surface area contributed by atoms with Gasteiger partial charge in [-0.1, -0.05) is 17.7 Å². The number of nitrogens with one attached hydrogen (secondary N) is 1. The highest BCUT2D eigenvalue weighted by Crippen LogP contribution is 2.33. The molecule has 4 heterocycles. The lowest BCUT2D eigenvalue weighted by Gasteiger charge is -2.34. The number of piperazine rings is 1. The molecule has 2 aromatic heterocycles. The van der Waals surface area contributed by atoms with Crippen molar-refractivity contribution in [3.05, 3.63) is 58.2 Å². The lowest BCUT2D eigenvalue weighted by molar-refractivity contribution is -0.132. The first-order valence-corrected chi connectivity index (χ1v) is 11.6. The Bertz CT molecular complexity index is 1100. The third-order valence-corrected chi connectivity index (χ3v) is 6.44. The fourth-order valence-electron chi connectivity index (χ4n) is 3.72. The molecule has 0 saturated carbocycles. The largest absolute Gasteiger partial charge is 0.454 e. The molecule has 166 valence electrons. The third kappa shape index (κ3) is 4.95. The van der Waals surface area contributed by atoms with E-state index in [0.29, 0.717) is 35.5 Å². The van der Waals surface area contributed by atoms with E-state index in [2.05, 4.69) is 26.3 Å². The molecule has 32 heavy (non-hydrogen) atoms. The van der Waals surface area contributed by atoms with Crippen molar-refractivity contribution >= 4 is 39.8 Å². The number of hydrogen-bond acceptors (Lipinski definition) is 8. The third-order valence-electron chi connectivity index (χ3n) is 5.41. The lowest BCUT2D eigenvalue weighted by Crippen LogP contribution is -2.48. The minimum Gasteiger partial charge on any atom is -0.454 e. The Morgan fingerprint density at radius 1 is 1.12 bits per heavy atom. The number of ether oxygens (including phenoxy) is 2. The van der Waals surface area contributed by atoms with Gasteiger partial charge in [0.05, 0.1) is 17.1 Å². The maximum atomic E-state index is 12.8. The maximum absolute atomic E-state index is 12.8. The summed E-state index contributed by atoms with van der Waals surface area (Å²) in [5.74, 6) is 2.38. The van der Waals surface area contributed by atoms with E-state index >= 15 is 0 Å². The van der Waals surface area contributed by atoms with Gasteiger partial charge in [-0.15, -0.1) is 11.3 Å². The minimum atomic E-state index is 0.106. The van der Waals surface area contributed by atoms with E-state index in [1.807, 2.05) is 22.4 Å². The van der Waals surface area contributed by atoms with Gasteiger partial charge in [-0.25, -0.2) is 9.97 Å². The number of rotatable bonds is 6. The smallest absolute Gasteiger partial charge is 0.231 e. The molecule has 0 unspecified atom stereocenters. The zero-order valence-electron chi connectivity index (χ0n) is 17.3. The molecule has 0 spiro atoms. The van der Waals surface area contributed by atoms with Gasteiger partial charge in [-0.3, -0.25) is 9.69 Å². The summed E-state index contributed by atoms with van der Waals surface area (Å²) >= 11 is 7.32. The van der Waals surface area contributed by atoms with Gasteiger partial charge < -0.3 is 19.7 Å². The van der Waals surface area contributed by atoms with E-state index in [9.17, 15) is 4.79 Å². The average Bonchev–Trinajstić information content (AvgIpc) is 3.45. The molecule has 0 aliphatic carbocycles. The second-order valence-electron chi connectivity index (χ2n) is 7.65. The molecule has 8 nitrogen and oxygen atoms in total. The predicted molar refractivity (Wildman–Crippen MR) is 123 cm³/mol. The Kier molecular flexibility index (Phi) is 6.11. The molecule has 0 atom stereocenters. The highest BCUT2D eigenvalue weighted by molar-refractivity contribution is 7.13. The Hall–Kier alpha value is -2.88. The van der Waals surface area contributed by atoms with Crippen LogP contribution in [0, 0.1) is 0 Å². The van der Waals surface area contributed by atoms with Crippen LogP contribution < -0.4 is 14.8 Å². The second-order valence-corrected chi connectivity index (χ2v) is 8.95. The number of fused-ring (bicyclic) bond motifs is 1. The fraction of sp³-hybridized carbons (Fsp3) is 0.318. The lowest BCUT2D eigenvalue weighted by atomic mass is 10.1. The Morgan fingerprint density at radius 3 is 2.78 bits per heavy atom. The first-order chi connectivity index (χ1) is 15.6. The zero-order valence-corrected chi connectivity index (χ0v) is 18.9. The first kappa shape index (κ1) is 21.0. The van der Waals surface area contributed by atoms with Crippen LogP contribution in [0.25, 0.3) is 0 Å². The molecule has 1 aromatic carbocycles. The van der Waals surface area contributed by atoms with Crippen molar-refractivity contribution in [2.24, 2.45) is 0 Å². The van der Waals surface area contributed by atoms with E-state index < -0.39 is 0 Å². The van der Waals surface area contributed by atoms with Gasteiger partial charge in [0.25, 0.3) is 0 Å². The van der Waals surface area contributed by atoms with Crippen LogP contribution in [0.1, 0.15) is 11.3 Å². The predicted octanol–water partition coefficient (Wildman–Crippen LogP) is 3.55. The number of carbonyl (C=O) groups is 1. The van der Waals surface area contributed by atoms with Crippen LogP contribution in [-0.2, 0) is 17.8 Å². The van der Waals surface area contributed by atoms with Gasteiger partial charge in [-0.2, -0.15) is 0 Å². The highest BCUT2D eigenvalue weighted by atomic mass is 35.5. The molecule has 5 rings (SSSR count). The van der Waals surface area contributed by atoms with Crippen LogP contribution in [-0.4, -0.2) is 58.6 Å². The van der Waals surface area contributed by atoms with Gasteiger partial charge >= 0.3 is 0 Å². The van der Waals surface area contributed by atoms with Gasteiger partial charge in [-0.05, 0) is 29.8 Å². The highest BCUT2D eigenvalue weighted by Gasteiger charge is 2.23. The summed E-state index contributed by atoms with van der Waals surface area (Å²) in [7, 11) is 0. The van der Waals surface area contributed by atoms with Crippen LogP contribution >= 0.6 is 22.9 Å². The quantitative estimate of drug-likeness (QED) is 0.588. The van der Waals surface area contributed by atoms with Gasteiger partial charge in [0.2, 0.25) is 12.7 Å². The van der Waals surface area contributed by atoms with Crippen molar-refractivity contribution in [2.75, 3.05) is 38.3 Å². The SMILES string of the molecule is O=C(Cc1csc(Nc2ccc(Cl)cn2)n1)N1CCN(Cc2ccc3c(c2)OCO3)CC1. The molecule has 0 bridgehead atoms. The van der Waals surface area contributed by atoms with Crippen LogP contribution in [0.15, 0.2) is 41.9 Å². The molecular weight excluding hydrogens is 450 g/mol. The van der Waals surface area contributed by atoms with Crippen LogP contribution in [0.3, 0.4) is 0 Å². The van der Waals surface area contributed by atoms with E-state index in [-0.39, 0.29) is 12.7 Å². The van der Waals surface area contributed by atoms with Crippen molar-refractivity contribution in [1.29, 1.82) is 0 Å². The molecule has 0 radical (unpaired) electrons. The number of halogens is 1. The summed E-state index contributed by atoms with van der Waals surface area (Å²) in [5, 5.41) is 6.33. The summed E-state index contributed by atoms with van der Waals surface area (Å²) < 4.78 is 10.8. The number of thiazole rings is 1. The Labute approximate surface area is 194 Å². The molecule has 1 fully saturated rings. The van der Waals surface area contributed by atoms with Gasteiger partial charge in [0.15, 0.2) is 16.6 Å². The van der Waals surface area contributed by atoms with E-state index in [1.165, 1.54) is 16.9 Å². The Balaban J connectivity index is 1.10. The van der Waals surface area contributed by atoms with Crippen molar-refractivity contribution in [3.8, 4) is 11.5 Å².